The number of amides is 1. The van der Waals surface area contributed by atoms with Gasteiger partial charge in [-0.3, -0.25) is 10.1 Å². The van der Waals surface area contributed by atoms with Crippen molar-refractivity contribution >= 4 is 11.9 Å². The number of anilines is 1. The first-order valence-electron chi connectivity index (χ1n) is 5.61. The second-order valence-corrected chi connectivity index (χ2v) is 3.73. The first kappa shape index (κ1) is 13.7. The summed E-state index contributed by atoms with van der Waals surface area (Å²) in [5, 5.41) is 18.0. The quantitative estimate of drug-likeness (QED) is 0.802. The minimum atomic E-state index is -0.652. The van der Waals surface area contributed by atoms with Gasteiger partial charge in [-0.05, 0) is 18.2 Å². The number of aryl methyl sites for hydroxylation is 1. The van der Waals surface area contributed by atoms with Crippen LogP contribution in [0.1, 0.15) is 21.8 Å². The number of aromatic nitrogens is 2. The van der Waals surface area contributed by atoms with Crippen LogP contribution in [-0.2, 0) is 0 Å². The molecule has 20 heavy (non-hydrogen) atoms. The topological polar surface area (TPSA) is 88.2 Å². The van der Waals surface area contributed by atoms with E-state index in [1.807, 2.05) is 0 Å². The van der Waals surface area contributed by atoms with Crippen LogP contribution in [0.2, 0.25) is 0 Å². The van der Waals surface area contributed by atoms with Crippen LogP contribution in [0.15, 0.2) is 22.6 Å². The van der Waals surface area contributed by atoms with Crippen LogP contribution in [0.5, 0.6) is 0 Å². The number of nitrogens with one attached hydrogen (secondary N) is 1. The van der Waals surface area contributed by atoms with Crippen molar-refractivity contribution in [2.24, 2.45) is 0 Å². The van der Waals surface area contributed by atoms with Crippen LogP contribution in [0.3, 0.4) is 0 Å². The molecule has 7 heteroatoms. The summed E-state index contributed by atoms with van der Waals surface area (Å²) < 4.78 is 18.6. The Morgan fingerprint density at radius 2 is 2.30 bits per heavy atom. The predicted molar refractivity (Wildman–Crippen MR) is 67.4 cm³/mol. The molecule has 0 saturated heterocycles. The van der Waals surface area contributed by atoms with Gasteiger partial charge in [0.15, 0.2) is 0 Å². The summed E-state index contributed by atoms with van der Waals surface area (Å²) in [6.45, 7) is 1.22. The van der Waals surface area contributed by atoms with E-state index in [0.717, 1.165) is 6.07 Å². The molecular formula is C13H10FN3O3. The number of nitrogens with zero attached hydrogens (tertiary/aromatic N) is 2. The van der Waals surface area contributed by atoms with Gasteiger partial charge in [-0.15, -0.1) is 5.10 Å². The molecule has 0 spiro atoms. The van der Waals surface area contributed by atoms with Crippen molar-refractivity contribution < 1.29 is 18.7 Å². The minimum Gasteiger partial charge on any atom is -0.408 e. The van der Waals surface area contributed by atoms with Gasteiger partial charge in [0, 0.05) is 12.5 Å². The fourth-order valence-corrected chi connectivity index (χ4v) is 1.41. The number of halogens is 1. The Morgan fingerprint density at radius 1 is 1.50 bits per heavy atom. The molecule has 0 saturated carbocycles. The number of carbonyl (C=O) groups is 1. The summed E-state index contributed by atoms with van der Waals surface area (Å²) in [5.74, 6) is 3.84. The number of aliphatic hydroxyl groups is 1. The molecule has 102 valence electrons. The van der Waals surface area contributed by atoms with Gasteiger partial charge in [0.2, 0.25) is 5.89 Å². The van der Waals surface area contributed by atoms with E-state index in [0.29, 0.717) is 5.89 Å². The van der Waals surface area contributed by atoms with E-state index >= 15 is 0 Å². The predicted octanol–water partition coefficient (Wildman–Crippen LogP) is 1.11. The fourth-order valence-electron chi connectivity index (χ4n) is 1.41. The number of rotatable bonds is 2. The molecule has 0 aliphatic heterocycles. The SMILES string of the molecule is Cc1nnc(NC(=O)c2ccc(C#CCO)c(F)c2)o1. The van der Waals surface area contributed by atoms with E-state index < -0.39 is 11.7 Å². The largest absolute Gasteiger partial charge is 0.408 e. The molecular weight excluding hydrogens is 265 g/mol. The Balaban J connectivity index is 2.16. The summed E-state index contributed by atoms with van der Waals surface area (Å²) in [6.07, 6.45) is 0. The van der Waals surface area contributed by atoms with Crippen molar-refractivity contribution in [2.45, 2.75) is 6.92 Å². The highest BCUT2D eigenvalue weighted by Crippen LogP contribution is 2.12. The van der Waals surface area contributed by atoms with Gasteiger partial charge in [-0.1, -0.05) is 16.9 Å². The second kappa shape index (κ2) is 5.95. The lowest BCUT2D eigenvalue weighted by Gasteiger charge is -2.02. The molecule has 2 aromatic rings. The van der Waals surface area contributed by atoms with Gasteiger partial charge in [-0.2, -0.15) is 0 Å². The van der Waals surface area contributed by atoms with E-state index in [2.05, 4.69) is 27.4 Å². The smallest absolute Gasteiger partial charge is 0.322 e. The van der Waals surface area contributed by atoms with Crippen molar-refractivity contribution in [3.05, 3.63) is 41.0 Å². The zero-order valence-corrected chi connectivity index (χ0v) is 10.5. The van der Waals surface area contributed by atoms with Crippen molar-refractivity contribution in [1.29, 1.82) is 0 Å². The van der Waals surface area contributed by atoms with Crippen LogP contribution in [0.4, 0.5) is 10.4 Å². The van der Waals surface area contributed by atoms with Crippen LogP contribution < -0.4 is 5.32 Å². The van der Waals surface area contributed by atoms with Crippen molar-refractivity contribution in [3.63, 3.8) is 0 Å². The number of hydrogen-bond donors (Lipinski definition) is 2. The first-order chi connectivity index (χ1) is 9.60. The molecule has 0 aliphatic carbocycles. The molecule has 2 rings (SSSR count). The summed E-state index contributed by atoms with van der Waals surface area (Å²) >= 11 is 0. The Hall–Kier alpha value is -2.72. The Kier molecular flexibility index (Phi) is 4.08. The van der Waals surface area contributed by atoms with Gasteiger partial charge in [-0.25, -0.2) is 4.39 Å². The van der Waals surface area contributed by atoms with E-state index in [9.17, 15) is 9.18 Å². The van der Waals surface area contributed by atoms with E-state index in [1.165, 1.54) is 12.1 Å². The number of carbonyl (C=O) groups excluding carboxylic acids is 1. The third kappa shape index (κ3) is 3.18. The zero-order valence-electron chi connectivity index (χ0n) is 10.5. The molecule has 1 aromatic heterocycles. The molecule has 6 nitrogen and oxygen atoms in total. The molecule has 1 amide bonds. The first-order valence-corrected chi connectivity index (χ1v) is 5.61. The molecule has 0 bridgehead atoms. The van der Waals surface area contributed by atoms with E-state index in [-0.39, 0.29) is 23.7 Å². The van der Waals surface area contributed by atoms with Crippen LogP contribution >= 0.6 is 0 Å². The molecule has 2 N–H and O–H groups in total. The minimum absolute atomic E-state index is 0.0583. The van der Waals surface area contributed by atoms with Gasteiger partial charge in [0.25, 0.3) is 5.91 Å². The lowest BCUT2D eigenvalue weighted by molar-refractivity contribution is 0.102. The molecule has 0 atom stereocenters. The van der Waals surface area contributed by atoms with Gasteiger partial charge in [0.1, 0.15) is 12.4 Å². The maximum absolute atomic E-state index is 13.7. The number of hydrogen-bond acceptors (Lipinski definition) is 5. The monoisotopic (exact) mass is 275 g/mol. The van der Waals surface area contributed by atoms with Gasteiger partial charge < -0.3 is 9.52 Å². The molecule has 1 heterocycles. The average Bonchev–Trinajstić information content (AvgIpc) is 2.82. The Bertz CT molecular complexity index is 700. The zero-order chi connectivity index (χ0) is 14.5. The third-order valence-electron chi connectivity index (χ3n) is 2.28. The summed E-state index contributed by atoms with van der Waals surface area (Å²) in [7, 11) is 0. The Morgan fingerprint density at radius 3 is 2.90 bits per heavy atom. The fraction of sp³-hybridized carbons (Fsp3) is 0.154. The Labute approximate surface area is 113 Å². The maximum Gasteiger partial charge on any atom is 0.322 e. The van der Waals surface area contributed by atoms with Crippen LogP contribution in [0, 0.1) is 24.6 Å². The highest BCUT2D eigenvalue weighted by molar-refractivity contribution is 6.03. The third-order valence-corrected chi connectivity index (χ3v) is 2.28. The highest BCUT2D eigenvalue weighted by atomic mass is 19.1. The number of aliphatic hydroxyl groups excluding tert-OH is 1. The molecule has 0 fully saturated rings. The number of benzene rings is 1. The summed E-state index contributed by atoms with van der Waals surface area (Å²) in [5.41, 5.74) is 0.192. The van der Waals surface area contributed by atoms with Crippen LogP contribution in [0.25, 0.3) is 0 Å². The van der Waals surface area contributed by atoms with Gasteiger partial charge >= 0.3 is 6.01 Å². The van der Waals surface area contributed by atoms with Crippen molar-refractivity contribution in [3.8, 4) is 11.8 Å². The molecule has 1 aromatic carbocycles. The van der Waals surface area contributed by atoms with Crippen LogP contribution in [-0.4, -0.2) is 27.8 Å². The summed E-state index contributed by atoms with van der Waals surface area (Å²) in [4.78, 5) is 11.8. The van der Waals surface area contributed by atoms with Crippen molar-refractivity contribution in [1.82, 2.24) is 10.2 Å². The summed E-state index contributed by atoms with van der Waals surface area (Å²) in [6, 6.07) is 3.74. The molecule has 0 radical (unpaired) electrons. The van der Waals surface area contributed by atoms with Gasteiger partial charge in [0.05, 0.1) is 5.56 Å². The molecule has 0 aliphatic rings. The standard InChI is InChI=1S/C13H10FN3O3/c1-8-16-17-13(20-8)15-12(19)10-5-4-9(3-2-6-18)11(14)7-10/h4-5,7,18H,6H2,1H3,(H,15,17,19). The highest BCUT2D eigenvalue weighted by Gasteiger charge is 2.12. The normalized spacial score (nSPS) is 9.75. The second-order valence-electron chi connectivity index (χ2n) is 3.73. The maximum atomic E-state index is 13.7. The average molecular weight is 275 g/mol. The lowest BCUT2D eigenvalue weighted by atomic mass is 10.1. The molecule has 0 unspecified atom stereocenters. The lowest BCUT2D eigenvalue weighted by Crippen LogP contribution is -2.12. The van der Waals surface area contributed by atoms with Crippen molar-refractivity contribution in [2.75, 3.05) is 11.9 Å². The van der Waals surface area contributed by atoms with E-state index in [1.54, 1.807) is 6.92 Å². The van der Waals surface area contributed by atoms with E-state index in [4.69, 9.17) is 9.52 Å².